The lowest BCUT2D eigenvalue weighted by atomic mass is 9.92. The van der Waals surface area contributed by atoms with Gasteiger partial charge in [0.05, 0.1) is 0 Å². The molecule has 0 radical (unpaired) electrons. The molecule has 1 heterocycles. The normalized spacial score (nSPS) is 14.9. The number of pyridine rings is 1. The maximum atomic E-state index is 11.5. The summed E-state index contributed by atoms with van der Waals surface area (Å²) in [6.07, 6.45) is 3.81. The summed E-state index contributed by atoms with van der Waals surface area (Å²) in [6, 6.07) is 1.71. The van der Waals surface area contributed by atoms with Crippen LogP contribution in [-0.4, -0.2) is 10.9 Å². The van der Waals surface area contributed by atoms with Crippen molar-refractivity contribution in [2.45, 2.75) is 25.7 Å². The second-order valence-corrected chi connectivity index (χ2v) is 3.59. The molecule has 0 bridgehead atoms. The van der Waals surface area contributed by atoms with Crippen LogP contribution in [0.3, 0.4) is 0 Å². The van der Waals surface area contributed by atoms with E-state index in [1.165, 1.54) is 0 Å². The second-order valence-electron chi connectivity index (χ2n) is 3.59. The van der Waals surface area contributed by atoms with E-state index >= 15 is 0 Å². The monoisotopic (exact) mass is 192 g/mol. The van der Waals surface area contributed by atoms with E-state index in [1.54, 1.807) is 6.07 Å². The summed E-state index contributed by atoms with van der Waals surface area (Å²) in [5.74, 6) is -0.574. The van der Waals surface area contributed by atoms with Gasteiger partial charge in [-0.15, -0.1) is 0 Å². The number of hydrogen-bond donors (Lipinski definition) is 2. The van der Waals surface area contributed by atoms with Gasteiger partial charge in [0.2, 0.25) is 0 Å². The number of fused-ring (bicyclic) bond motifs is 1. The summed E-state index contributed by atoms with van der Waals surface area (Å²) < 4.78 is 0. The molecular weight excluding hydrogens is 180 g/mol. The number of H-pyrrole nitrogens is 1. The number of nitrogens with one attached hydrogen (secondary N) is 1. The number of nitrogens with two attached hydrogens (primary N) is 1. The van der Waals surface area contributed by atoms with Gasteiger partial charge >= 0.3 is 0 Å². The average molecular weight is 192 g/mol. The van der Waals surface area contributed by atoms with Gasteiger partial charge in [-0.2, -0.15) is 0 Å². The van der Waals surface area contributed by atoms with Crippen LogP contribution in [0.1, 0.15) is 34.5 Å². The predicted molar refractivity (Wildman–Crippen MR) is 52.2 cm³/mol. The van der Waals surface area contributed by atoms with Gasteiger partial charge in [0, 0.05) is 5.56 Å². The fraction of sp³-hybridized carbons (Fsp3) is 0.400. The third kappa shape index (κ3) is 1.43. The van der Waals surface area contributed by atoms with E-state index in [0.29, 0.717) is 0 Å². The van der Waals surface area contributed by atoms with E-state index in [1.807, 2.05) is 0 Å². The van der Waals surface area contributed by atoms with Gasteiger partial charge in [-0.25, -0.2) is 0 Å². The Kier molecular flexibility index (Phi) is 2.11. The van der Waals surface area contributed by atoms with E-state index in [4.69, 9.17) is 5.73 Å². The number of carbonyl (C=O) groups excluding carboxylic acids is 1. The van der Waals surface area contributed by atoms with Crippen molar-refractivity contribution in [2.24, 2.45) is 5.73 Å². The lowest BCUT2D eigenvalue weighted by Gasteiger charge is -2.14. The van der Waals surface area contributed by atoms with E-state index in [-0.39, 0.29) is 11.3 Å². The molecule has 1 aliphatic carbocycles. The summed E-state index contributed by atoms with van der Waals surface area (Å²) in [7, 11) is 0. The number of primary amides is 1. The fourth-order valence-electron chi connectivity index (χ4n) is 1.89. The molecule has 0 aromatic carbocycles. The standard InChI is InChI=1S/C10H12N2O2/c11-9(13)8-5-6-3-1-2-4-7(6)10(14)12-8/h5H,1-4H2,(H2,11,13)(H,12,14). The van der Waals surface area contributed by atoms with Crippen LogP contribution in [0, 0.1) is 0 Å². The van der Waals surface area contributed by atoms with E-state index < -0.39 is 5.91 Å². The van der Waals surface area contributed by atoms with Gasteiger partial charge in [0.1, 0.15) is 5.69 Å². The largest absolute Gasteiger partial charge is 0.364 e. The Bertz CT molecular complexity index is 434. The number of amides is 1. The third-order valence-electron chi connectivity index (χ3n) is 2.62. The van der Waals surface area contributed by atoms with Crippen LogP contribution in [0.2, 0.25) is 0 Å². The first-order chi connectivity index (χ1) is 6.68. The van der Waals surface area contributed by atoms with Crippen molar-refractivity contribution in [1.29, 1.82) is 0 Å². The summed E-state index contributed by atoms with van der Waals surface area (Å²) in [5.41, 5.74) is 6.97. The Morgan fingerprint density at radius 3 is 2.79 bits per heavy atom. The molecule has 3 N–H and O–H groups in total. The van der Waals surface area contributed by atoms with Gasteiger partial charge in [-0.3, -0.25) is 9.59 Å². The molecular formula is C10H12N2O2. The summed E-state index contributed by atoms with van der Waals surface area (Å²) >= 11 is 0. The molecule has 0 saturated carbocycles. The van der Waals surface area contributed by atoms with Gasteiger partial charge in [0.15, 0.2) is 0 Å². The molecule has 1 aromatic heterocycles. The molecule has 74 valence electrons. The number of hydrogen-bond acceptors (Lipinski definition) is 2. The van der Waals surface area contributed by atoms with Crippen LogP contribution < -0.4 is 11.3 Å². The number of carbonyl (C=O) groups is 1. The molecule has 0 atom stereocenters. The summed E-state index contributed by atoms with van der Waals surface area (Å²) in [4.78, 5) is 24.9. The molecule has 14 heavy (non-hydrogen) atoms. The Hall–Kier alpha value is -1.58. The highest BCUT2D eigenvalue weighted by atomic mass is 16.1. The van der Waals surface area contributed by atoms with E-state index in [9.17, 15) is 9.59 Å². The Morgan fingerprint density at radius 2 is 2.07 bits per heavy atom. The number of aromatic nitrogens is 1. The van der Waals surface area contributed by atoms with Crippen molar-refractivity contribution in [3.8, 4) is 0 Å². The van der Waals surface area contributed by atoms with Gasteiger partial charge in [0.25, 0.3) is 11.5 Å². The SMILES string of the molecule is NC(=O)c1cc2c(c(=O)[nH]1)CCCC2. The number of aryl methyl sites for hydroxylation is 1. The van der Waals surface area contributed by atoms with Crippen molar-refractivity contribution in [3.63, 3.8) is 0 Å². The minimum atomic E-state index is -0.574. The van der Waals surface area contributed by atoms with Crippen LogP contribution in [0.5, 0.6) is 0 Å². The number of aromatic amines is 1. The highest BCUT2D eigenvalue weighted by Crippen LogP contribution is 2.17. The fourth-order valence-corrected chi connectivity index (χ4v) is 1.89. The third-order valence-corrected chi connectivity index (χ3v) is 2.62. The summed E-state index contributed by atoms with van der Waals surface area (Å²) in [6.45, 7) is 0. The maximum Gasteiger partial charge on any atom is 0.265 e. The van der Waals surface area contributed by atoms with E-state index in [0.717, 1.165) is 36.8 Å². The maximum absolute atomic E-state index is 11.5. The molecule has 0 spiro atoms. The molecule has 4 heteroatoms. The highest BCUT2D eigenvalue weighted by molar-refractivity contribution is 5.90. The van der Waals surface area contributed by atoms with Crippen molar-refractivity contribution >= 4 is 5.91 Å². The lowest BCUT2D eigenvalue weighted by Crippen LogP contribution is -2.24. The zero-order valence-corrected chi connectivity index (χ0v) is 7.80. The van der Waals surface area contributed by atoms with Crippen LogP contribution in [0.15, 0.2) is 10.9 Å². The molecule has 1 aromatic rings. The molecule has 0 saturated heterocycles. The van der Waals surface area contributed by atoms with Gasteiger partial charge in [-0.05, 0) is 37.3 Å². The van der Waals surface area contributed by atoms with Crippen molar-refractivity contribution in [2.75, 3.05) is 0 Å². The quantitative estimate of drug-likeness (QED) is 0.673. The van der Waals surface area contributed by atoms with Crippen molar-refractivity contribution in [1.82, 2.24) is 4.98 Å². The Labute approximate surface area is 81.1 Å². The van der Waals surface area contributed by atoms with Gasteiger partial charge < -0.3 is 10.7 Å². The van der Waals surface area contributed by atoms with Crippen LogP contribution >= 0.6 is 0 Å². The smallest absolute Gasteiger partial charge is 0.265 e. The molecule has 1 amide bonds. The first kappa shape index (κ1) is 8.99. The highest BCUT2D eigenvalue weighted by Gasteiger charge is 2.15. The van der Waals surface area contributed by atoms with Crippen molar-refractivity contribution < 1.29 is 4.79 Å². The van der Waals surface area contributed by atoms with Crippen LogP contribution in [0.25, 0.3) is 0 Å². The lowest BCUT2D eigenvalue weighted by molar-refractivity contribution is 0.0995. The molecule has 1 aliphatic rings. The Morgan fingerprint density at radius 1 is 1.36 bits per heavy atom. The predicted octanol–water partition coefficient (Wildman–Crippen LogP) is 0.353. The topological polar surface area (TPSA) is 76.0 Å². The summed E-state index contributed by atoms with van der Waals surface area (Å²) in [5, 5.41) is 0. The van der Waals surface area contributed by atoms with E-state index in [2.05, 4.69) is 4.98 Å². The van der Waals surface area contributed by atoms with Crippen LogP contribution in [0.4, 0.5) is 0 Å². The Balaban J connectivity index is 2.57. The molecule has 2 rings (SSSR count). The van der Waals surface area contributed by atoms with Crippen molar-refractivity contribution in [3.05, 3.63) is 33.2 Å². The zero-order chi connectivity index (χ0) is 10.1. The zero-order valence-electron chi connectivity index (χ0n) is 7.80. The minimum absolute atomic E-state index is 0.156. The molecule has 0 fully saturated rings. The first-order valence-corrected chi connectivity index (χ1v) is 4.73. The molecule has 4 nitrogen and oxygen atoms in total. The molecule has 0 unspecified atom stereocenters. The second kappa shape index (κ2) is 3.29. The molecule has 0 aliphatic heterocycles. The first-order valence-electron chi connectivity index (χ1n) is 4.73. The average Bonchev–Trinajstić information content (AvgIpc) is 2.17. The number of rotatable bonds is 1. The minimum Gasteiger partial charge on any atom is -0.364 e. The van der Waals surface area contributed by atoms with Crippen LogP contribution in [-0.2, 0) is 12.8 Å². The van der Waals surface area contributed by atoms with Gasteiger partial charge in [-0.1, -0.05) is 0 Å².